The maximum atomic E-state index is 10.4. The van der Waals surface area contributed by atoms with Crippen molar-refractivity contribution in [2.75, 3.05) is 0 Å². The Morgan fingerprint density at radius 1 is 1.30 bits per heavy atom. The van der Waals surface area contributed by atoms with E-state index in [-0.39, 0.29) is 18.7 Å². The third kappa shape index (κ3) is 5.04. The fourth-order valence-corrected chi connectivity index (χ4v) is 0.495. The van der Waals surface area contributed by atoms with Crippen molar-refractivity contribution in [1.29, 1.82) is 0 Å². The van der Waals surface area contributed by atoms with E-state index < -0.39 is 5.91 Å². The minimum absolute atomic E-state index is 0.230. The van der Waals surface area contributed by atoms with E-state index >= 15 is 0 Å². The van der Waals surface area contributed by atoms with Gasteiger partial charge in [0.2, 0.25) is 11.8 Å². The number of rotatable bonds is 4. The van der Waals surface area contributed by atoms with E-state index in [1.165, 1.54) is 0 Å². The van der Waals surface area contributed by atoms with Crippen LogP contribution in [0.3, 0.4) is 0 Å². The molecule has 58 valence electrons. The monoisotopic (exact) mass is 145 g/mol. The van der Waals surface area contributed by atoms with Gasteiger partial charge in [0, 0.05) is 12.8 Å². The fraction of sp³-hybridized carbons (Fsp3) is 0.600. The van der Waals surface area contributed by atoms with Crippen LogP contribution in [0, 0.1) is 0 Å². The number of hydrogen-bond donors (Lipinski definition) is 3. The van der Waals surface area contributed by atoms with E-state index in [4.69, 9.17) is 11.6 Å². The lowest BCUT2D eigenvalue weighted by Crippen LogP contribution is -2.29. The molecule has 0 rings (SSSR count). The standard InChI is InChI=1S/C5H11N3O2/c6-4(9)2-1-3-5(10)8-7/h1-3,7H2,(H2,6,9)(H,8,10). The average molecular weight is 145 g/mol. The van der Waals surface area contributed by atoms with Gasteiger partial charge in [-0.05, 0) is 6.42 Å². The van der Waals surface area contributed by atoms with Gasteiger partial charge in [-0.2, -0.15) is 0 Å². The van der Waals surface area contributed by atoms with Gasteiger partial charge in [-0.15, -0.1) is 0 Å². The molecule has 5 heteroatoms. The summed E-state index contributed by atoms with van der Waals surface area (Å²) >= 11 is 0. The van der Waals surface area contributed by atoms with Gasteiger partial charge in [-0.1, -0.05) is 0 Å². The molecule has 0 fully saturated rings. The van der Waals surface area contributed by atoms with Crippen molar-refractivity contribution < 1.29 is 9.59 Å². The number of nitrogens with one attached hydrogen (secondary N) is 1. The van der Waals surface area contributed by atoms with Crippen LogP contribution in [0.4, 0.5) is 0 Å². The lowest BCUT2D eigenvalue weighted by atomic mass is 10.2. The number of amides is 2. The van der Waals surface area contributed by atoms with Gasteiger partial charge < -0.3 is 5.73 Å². The highest BCUT2D eigenvalue weighted by Gasteiger charge is 1.99. The van der Waals surface area contributed by atoms with E-state index in [1.807, 2.05) is 5.43 Å². The van der Waals surface area contributed by atoms with Crippen molar-refractivity contribution >= 4 is 11.8 Å². The second-order valence-corrected chi connectivity index (χ2v) is 1.89. The Morgan fingerprint density at radius 2 is 1.90 bits per heavy atom. The van der Waals surface area contributed by atoms with Crippen LogP contribution in [-0.4, -0.2) is 11.8 Å². The van der Waals surface area contributed by atoms with Gasteiger partial charge in [0.05, 0.1) is 0 Å². The zero-order valence-corrected chi connectivity index (χ0v) is 5.59. The molecule has 5 N–H and O–H groups in total. The molecule has 0 spiro atoms. The van der Waals surface area contributed by atoms with Gasteiger partial charge in [0.25, 0.3) is 0 Å². The first-order chi connectivity index (χ1) is 4.66. The predicted octanol–water partition coefficient (Wildman–Crippen LogP) is -1.37. The molecule has 0 saturated carbocycles. The third-order valence-corrected chi connectivity index (χ3v) is 0.988. The highest BCUT2D eigenvalue weighted by Crippen LogP contribution is 1.92. The zero-order valence-electron chi connectivity index (χ0n) is 5.59. The highest BCUT2D eigenvalue weighted by atomic mass is 16.2. The first kappa shape index (κ1) is 8.90. The molecule has 0 aliphatic rings. The van der Waals surface area contributed by atoms with Crippen molar-refractivity contribution in [1.82, 2.24) is 5.43 Å². The molecular weight excluding hydrogens is 134 g/mol. The fourth-order valence-electron chi connectivity index (χ4n) is 0.495. The van der Waals surface area contributed by atoms with E-state index in [0.717, 1.165) is 0 Å². The summed E-state index contributed by atoms with van der Waals surface area (Å²) in [4.78, 5) is 20.5. The topological polar surface area (TPSA) is 98.2 Å². The largest absolute Gasteiger partial charge is 0.370 e. The highest BCUT2D eigenvalue weighted by molar-refractivity contribution is 5.77. The van der Waals surface area contributed by atoms with Gasteiger partial charge in [0.15, 0.2) is 0 Å². The zero-order chi connectivity index (χ0) is 7.98. The van der Waals surface area contributed by atoms with Gasteiger partial charge >= 0.3 is 0 Å². The molecule has 0 heterocycles. The third-order valence-electron chi connectivity index (χ3n) is 0.988. The molecule has 10 heavy (non-hydrogen) atoms. The van der Waals surface area contributed by atoms with Gasteiger partial charge in [-0.25, -0.2) is 5.84 Å². The summed E-state index contributed by atoms with van der Waals surface area (Å²) < 4.78 is 0. The number of carbonyl (C=O) groups excluding carboxylic acids is 2. The molecule has 0 aromatic rings. The molecule has 0 unspecified atom stereocenters. The van der Waals surface area contributed by atoms with Crippen LogP contribution in [0.25, 0.3) is 0 Å². The predicted molar refractivity (Wildman–Crippen MR) is 35.4 cm³/mol. The number of carbonyl (C=O) groups is 2. The second-order valence-electron chi connectivity index (χ2n) is 1.89. The van der Waals surface area contributed by atoms with E-state index in [0.29, 0.717) is 6.42 Å². The quantitative estimate of drug-likeness (QED) is 0.258. The Balaban J connectivity index is 3.20. The maximum absolute atomic E-state index is 10.4. The van der Waals surface area contributed by atoms with Crippen molar-refractivity contribution in [3.63, 3.8) is 0 Å². The summed E-state index contributed by atoms with van der Waals surface area (Å²) in [6.07, 6.45) is 0.936. The summed E-state index contributed by atoms with van der Waals surface area (Å²) in [7, 11) is 0. The van der Waals surface area contributed by atoms with Crippen LogP contribution in [-0.2, 0) is 9.59 Å². The minimum atomic E-state index is -0.398. The average Bonchev–Trinajstić information content (AvgIpc) is 1.87. The Morgan fingerprint density at radius 3 is 2.30 bits per heavy atom. The number of hydrogen-bond acceptors (Lipinski definition) is 3. The molecule has 0 radical (unpaired) electrons. The summed E-state index contributed by atoms with van der Waals surface area (Å²) in [6.45, 7) is 0. The first-order valence-electron chi connectivity index (χ1n) is 2.94. The normalized spacial score (nSPS) is 8.90. The molecule has 0 atom stereocenters. The molecule has 0 bridgehead atoms. The summed E-state index contributed by atoms with van der Waals surface area (Å²) in [6, 6.07) is 0. The lowest BCUT2D eigenvalue weighted by Gasteiger charge is -1.95. The van der Waals surface area contributed by atoms with Crippen molar-refractivity contribution in [2.24, 2.45) is 11.6 Å². The van der Waals surface area contributed by atoms with E-state index in [2.05, 4.69) is 0 Å². The van der Waals surface area contributed by atoms with Crippen LogP contribution in [0.2, 0.25) is 0 Å². The number of nitrogens with two attached hydrogens (primary N) is 2. The van der Waals surface area contributed by atoms with Crippen LogP contribution in [0.5, 0.6) is 0 Å². The van der Waals surface area contributed by atoms with Crippen LogP contribution >= 0.6 is 0 Å². The van der Waals surface area contributed by atoms with Crippen LogP contribution < -0.4 is 17.0 Å². The molecule has 0 aliphatic carbocycles. The Kier molecular flexibility index (Phi) is 4.23. The Labute approximate surface area is 58.7 Å². The summed E-state index contributed by atoms with van der Waals surface area (Å²) in [5.74, 6) is 4.10. The van der Waals surface area contributed by atoms with Gasteiger partial charge in [0.1, 0.15) is 0 Å². The minimum Gasteiger partial charge on any atom is -0.370 e. The van der Waals surface area contributed by atoms with Crippen LogP contribution in [0.15, 0.2) is 0 Å². The maximum Gasteiger partial charge on any atom is 0.233 e. The Hall–Kier alpha value is -1.10. The Bertz CT molecular complexity index is 135. The molecular formula is C5H11N3O2. The van der Waals surface area contributed by atoms with Crippen LogP contribution in [0.1, 0.15) is 19.3 Å². The SMILES string of the molecule is NNC(=O)CCCC(N)=O. The smallest absolute Gasteiger partial charge is 0.233 e. The molecule has 0 aromatic heterocycles. The molecule has 0 aliphatic heterocycles. The molecule has 2 amide bonds. The number of hydrazine groups is 1. The van der Waals surface area contributed by atoms with E-state index in [9.17, 15) is 9.59 Å². The molecule has 0 saturated heterocycles. The van der Waals surface area contributed by atoms with E-state index in [1.54, 1.807) is 0 Å². The summed E-state index contributed by atoms with van der Waals surface area (Å²) in [5, 5.41) is 0. The van der Waals surface area contributed by atoms with Crippen molar-refractivity contribution in [3.05, 3.63) is 0 Å². The first-order valence-corrected chi connectivity index (χ1v) is 2.94. The second kappa shape index (κ2) is 4.75. The number of primary amides is 1. The lowest BCUT2D eigenvalue weighted by molar-refractivity contribution is -0.121. The summed E-state index contributed by atoms with van der Waals surface area (Å²) in [5.41, 5.74) is 6.77. The molecule has 0 aromatic carbocycles. The van der Waals surface area contributed by atoms with Gasteiger partial charge in [-0.3, -0.25) is 15.0 Å². The van der Waals surface area contributed by atoms with Crippen molar-refractivity contribution in [2.45, 2.75) is 19.3 Å². The van der Waals surface area contributed by atoms with Crippen molar-refractivity contribution in [3.8, 4) is 0 Å². The molecule has 5 nitrogen and oxygen atoms in total.